The van der Waals surface area contributed by atoms with Gasteiger partial charge in [-0.1, -0.05) is 25.1 Å². The highest BCUT2D eigenvalue weighted by molar-refractivity contribution is 8.01. The number of hydrogen-bond donors (Lipinski definition) is 2. The molecule has 0 aliphatic carbocycles. The second kappa shape index (κ2) is 8.36. The summed E-state index contributed by atoms with van der Waals surface area (Å²) in [7, 11) is -3.65. The fourth-order valence-corrected chi connectivity index (χ4v) is 5.15. The van der Waals surface area contributed by atoms with Gasteiger partial charge >= 0.3 is 0 Å². The van der Waals surface area contributed by atoms with Gasteiger partial charge in [0.1, 0.15) is 0 Å². The number of hydrogen-bond acceptors (Lipinski definition) is 5. The molecule has 1 aliphatic heterocycles. The van der Waals surface area contributed by atoms with Crippen LogP contribution < -0.4 is 10.6 Å². The Morgan fingerprint density at radius 2 is 1.96 bits per heavy atom. The van der Waals surface area contributed by atoms with Crippen LogP contribution in [0.2, 0.25) is 0 Å². The molecule has 1 unspecified atom stereocenters. The van der Waals surface area contributed by atoms with E-state index in [0.717, 1.165) is 10.5 Å². The molecule has 0 saturated carbocycles. The molecule has 0 spiro atoms. The molecule has 2 aromatic carbocycles. The van der Waals surface area contributed by atoms with E-state index in [4.69, 9.17) is 0 Å². The zero-order valence-electron chi connectivity index (χ0n) is 15.7. The molecule has 1 atom stereocenters. The summed E-state index contributed by atoms with van der Waals surface area (Å²) in [4.78, 5) is 25.1. The van der Waals surface area contributed by atoms with E-state index in [2.05, 4.69) is 10.6 Å². The van der Waals surface area contributed by atoms with Crippen molar-refractivity contribution in [2.45, 2.75) is 41.7 Å². The van der Waals surface area contributed by atoms with E-state index in [1.165, 1.54) is 23.9 Å². The summed E-state index contributed by atoms with van der Waals surface area (Å²) in [6, 6.07) is 12.0. The third-order valence-corrected chi connectivity index (χ3v) is 7.67. The average Bonchev–Trinajstić information content (AvgIpc) is 2.67. The smallest absolute Gasteiger partial charge is 0.237 e. The normalized spacial score (nSPS) is 16.2. The standard InChI is InChI=1S/C20H22N2O4S2/c1-3-17-20(24)22-16-12-14(8-9-18(16)27-17)28(25,26)11-10-19(23)21-15-7-5-4-6-13(15)2/h4-9,12,17H,3,10-11H2,1-2H3,(H,21,23)(H,22,24). The van der Waals surface area contributed by atoms with Crippen molar-refractivity contribution in [3.8, 4) is 0 Å². The Labute approximate surface area is 169 Å². The van der Waals surface area contributed by atoms with Gasteiger partial charge in [0.15, 0.2) is 9.84 Å². The first-order valence-corrected chi connectivity index (χ1v) is 11.5. The molecular formula is C20H22N2O4S2. The van der Waals surface area contributed by atoms with E-state index in [1.54, 1.807) is 12.1 Å². The van der Waals surface area contributed by atoms with Gasteiger partial charge in [0.2, 0.25) is 11.8 Å². The third kappa shape index (κ3) is 4.56. The van der Waals surface area contributed by atoms with Crippen molar-refractivity contribution in [3.63, 3.8) is 0 Å². The molecule has 3 rings (SSSR count). The second-order valence-corrected chi connectivity index (χ2v) is 9.95. The number of nitrogens with one attached hydrogen (secondary N) is 2. The zero-order chi connectivity index (χ0) is 20.3. The van der Waals surface area contributed by atoms with E-state index in [1.807, 2.05) is 32.0 Å². The Hall–Kier alpha value is -2.32. The number of carbonyl (C=O) groups excluding carboxylic acids is 2. The van der Waals surface area contributed by atoms with E-state index in [-0.39, 0.29) is 34.1 Å². The molecule has 0 radical (unpaired) electrons. The van der Waals surface area contributed by atoms with Gasteiger partial charge in [0.25, 0.3) is 0 Å². The molecule has 1 aliphatic rings. The largest absolute Gasteiger partial charge is 0.326 e. The van der Waals surface area contributed by atoms with Gasteiger partial charge in [-0.2, -0.15) is 0 Å². The predicted octanol–water partition coefficient (Wildman–Crippen LogP) is 3.62. The molecule has 6 nitrogen and oxygen atoms in total. The maximum atomic E-state index is 12.6. The van der Waals surface area contributed by atoms with Crippen molar-refractivity contribution in [3.05, 3.63) is 48.0 Å². The van der Waals surface area contributed by atoms with Gasteiger partial charge in [-0.25, -0.2) is 8.42 Å². The summed E-state index contributed by atoms with van der Waals surface area (Å²) in [5, 5.41) is 5.34. The van der Waals surface area contributed by atoms with Crippen LogP contribution in [0, 0.1) is 6.92 Å². The highest BCUT2D eigenvalue weighted by Gasteiger charge is 2.27. The van der Waals surface area contributed by atoms with Gasteiger partial charge in [-0.15, -0.1) is 11.8 Å². The Bertz CT molecular complexity index is 1020. The maximum absolute atomic E-state index is 12.6. The molecular weight excluding hydrogens is 396 g/mol. The highest BCUT2D eigenvalue weighted by atomic mass is 32.2. The minimum absolute atomic E-state index is 0.103. The number of fused-ring (bicyclic) bond motifs is 1. The lowest BCUT2D eigenvalue weighted by atomic mass is 10.2. The summed E-state index contributed by atoms with van der Waals surface area (Å²) in [5.74, 6) is -0.778. The van der Waals surface area contributed by atoms with Gasteiger partial charge in [-0.3, -0.25) is 9.59 Å². The fourth-order valence-electron chi connectivity index (χ4n) is 2.86. The molecule has 0 fully saturated rings. The monoisotopic (exact) mass is 418 g/mol. The van der Waals surface area contributed by atoms with Crippen LogP contribution in [0.1, 0.15) is 25.3 Å². The van der Waals surface area contributed by atoms with Gasteiger partial charge < -0.3 is 10.6 Å². The van der Waals surface area contributed by atoms with Crippen molar-refractivity contribution in [1.82, 2.24) is 0 Å². The van der Waals surface area contributed by atoms with Gasteiger partial charge in [0, 0.05) is 17.0 Å². The van der Waals surface area contributed by atoms with E-state index in [0.29, 0.717) is 17.8 Å². The first-order chi connectivity index (χ1) is 13.3. The fraction of sp³-hybridized carbons (Fsp3) is 0.300. The Morgan fingerprint density at radius 3 is 2.68 bits per heavy atom. The van der Waals surface area contributed by atoms with E-state index < -0.39 is 9.84 Å². The Morgan fingerprint density at radius 1 is 1.21 bits per heavy atom. The van der Waals surface area contributed by atoms with Crippen LogP contribution in [-0.4, -0.2) is 31.2 Å². The number of amides is 2. The molecule has 0 bridgehead atoms. The van der Waals surface area contributed by atoms with E-state index >= 15 is 0 Å². The quantitative estimate of drug-likeness (QED) is 0.747. The molecule has 0 aromatic heterocycles. The first kappa shape index (κ1) is 20.4. The number of benzene rings is 2. The minimum Gasteiger partial charge on any atom is -0.326 e. The number of aryl methyl sites for hydroxylation is 1. The Kier molecular flexibility index (Phi) is 6.10. The summed E-state index contributed by atoms with van der Waals surface area (Å²) >= 11 is 1.43. The summed E-state index contributed by atoms with van der Waals surface area (Å²) < 4.78 is 25.3. The van der Waals surface area contributed by atoms with Crippen LogP contribution in [0.3, 0.4) is 0 Å². The molecule has 28 heavy (non-hydrogen) atoms. The average molecular weight is 419 g/mol. The molecule has 8 heteroatoms. The molecule has 2 N–H and O–H groups in total. The maximum Gasteiger partial charge on any atom is 0.237 e. The molecule has 2 amide bonds. The van der Waals surface area contributed by atoms with Crippen LogP contribution >= 0.6 is 11.8 Å². The number of para-hydroxylation sites is 1. The lowest BCUT2D eigenvalue weighted by molar-refractivity contribution is -0.116. The molecule has 1 heterocycles. The van der Waals surface area contributed by atoms with Gasteiger partial charge in [-0.05, 0) is 43.2 Å². The van der Waals surface area contributed by atoms with Crippen LogP contribution in [-0.2, 0) is 19.4 Å². The molecule has 148 valence electrons. The lowest BCUT2D eigenvalue weighted by Crippen LogP contribution is -2.28. The van der Waals surface area contributed by atoms with Crippen molar-refractivity contribution in [2.24, 2.45) is 0 Å². The number of carbonyl (C=O) groups is 2. The van der Waals surface area contributed by atoms with Crippen LogP contribution in [0.15, 0.2) is 52.3 Å². The predicted molar refractivity (Wildman–Crippen MR) is 111 cm³/mol. The number of rotatable bonds is 6. The lowest BCUT2D eigenvalue weighted by Gasteiger charge is -2.23. The van der Waals surface area contributed by atoms with Gasteiger partial charge in [0.05, 0.1) is 21.6 Å². The summed E-state index contributed by atoms with van der Waals surface area (Å²) in [6.45, 7) is 3.80. The number of thioether (sulfide) groups is 1. The third-order valence-electron chi connectivity index (χ3n) is 4.52. The van der Waals surface area contributed by atoms with Crippen molar-refractivity contribution < 1.29 is 18.0 Å². The van der Waals surface area contributed by atoms with Crippen molar-refractivity contribution in [2.75, 3.05) is 16.4 Å². The van der Waals surface area contributed by atoms with Crippen LogP contribution in [0.4, 0.5) is 11.4 Å². The van der Waals surface area contributed by atoms with Crippen LogP contribution in [0.25, 0.3) is 0 Å². The summed E-state index contributed by atoms with van der Waals surface area (Å²) in [5.41, 5.74) is 2.08. The highest BCUT2D eigenvalue weighted by Crippen LogP contribution is 2.38. The molecule has 2 aromatic rings. The second-order valence-electron chi connectivity index (χ2n) is 6.59. The SMILES string of the molecule is CCC1Sc2ccc(S(=O)(=O)CCC(=O)Nc3ccccc3C)cc2NC1=O. The zero-order valence-corrected chi connectivity index (χ0v) is 17.3. The summed E-state index contributed by atoms with van der Waals surface area (Å²) in [6.07, 6.45) is 0.554. The number of anilines is 2. The number of sulfone groups is 1. The molecule has 0 saturated heterocycles. The van der Waals surface area contributed by atoms with Crippen LogP contribution in [0.5, 0.6) is 0 Å². The van der Waals surface area contributed by atoms with Crippen molar-refractivity contribution in [1.29, 1.82) is 0 Å². The Balaban J connectivity index is 1.68. The van der Waals surface area contributed by atoms with E-state index in [9.17, 15) is 18.0 Å². The van der Waals surface area contributed by atoms with Crippen molar-refractivity contribution >= 4 is 44.8 Å². The minimum atomic E-state index is -3.65. The topological polar surface area (TPSA) is 92.3 Å². The first-order valence-electron chi connectivity index (χ1n) is 9.00.